The summed E-state index contributed by atoms with van der Waals surface area (Å²) in [7, 11) is 0. The fourth-order valence-corrected chi connectivity index (χ4v) is 3.68. The molecular weight excluding hydrogens is 368 g/mol. The lowest BCUT2D eigenvalue weighted by Crippen LogP contribution is -2.58. The Balaban J connectivity index is 1.53. The van der Waals surface area contributed by atoms with Crippen molar-refractivity contribution in [3.8, 4) is 0 Å². The quantitative estimate of drug-likeness (QED) is 0.417. The number of carbonyl (C=O) groups excluding carboxylic acids is 2. The molecule has 2 aliphatic rings. The second-order valence-corrected chi connectivity index (χ2v) is 7.85. The number of nitrogens with two attached hydrogens (primary N) is 1. The van der Waals surface area contributed by atoms with Crippen LogP contribution in [0.5, 0.6) is 0 Å². The number of morpholine rings is 1. The van der Waals surface area contributed by atoms with E-state index in [4.69, 9.17) is 10.5 Å². The van der Waals surface area contributed by atoms with E-state index in [2.05, 4.69) is 15.5 Å². The molecule has 1 atom stereocenters. The van der Waals surface area contributed by atoms with E-state index < -0.39 is 11.6 Å². The first kappa shape index (κ1) is 21.5. The van der Waals surface area contributed by atoms with Crippen LogP contribution in [0.15, 0.2) is 42.5 Å². The predicted octanol–water partition coefficient (Wildman–Crippen LogP) is 0.600. The van der Waals surface area contributed by atoms with Crippen molar-refractivity contribution in [2.75, 3.05) is 39.4 Å². The summed E-state index contributed by atoms with van der Waals surface area (Å²) in [4.78, 5) is 27.9. The van der Waals surface area contributed by atoms with Crippen molar-refractivity contribution in [2.24, 2.45) is 5.73 Å². The lowest BCUT2D eigenvalue weighted by Gasteiger charge is -2.27. The van der Waals surface area contributed by atoms with Gasteiger partial charge in [0, 0.05) is 26.1 Å². The minimum absolute atomic E-state index is 0.168. The molecule has 0 spiro atoms. The SMILES string of the molecule is NC1(C(=O)N[C@H](Cc2ccccc2)C(=O)NCCCN2CCOCC2)CC=CC1. The maximum atomic E-state index is 12.8. The van der Waals surface area contributed by atoms with Gasteiger partial charge in [-0.2, -0.15) is 0 Å². The van der Waals surface area contributed by atoms with Crippen LogP contribution < -0.4 is 16.4 Å². The van der Waals surface area contributed by atoms with Gasteiger partial charge in [-0.05, 0) is 31.4 Å². The van der Waals surface area contributed by atoms with E-state index in [9.17, 15) is 9.59 Å². The van der Waals surface area contributed by atoms with Gasteiger partial charge in [0.15, 0.2) is 0 Å². The second kappa shape index (κ2) is 10.5. The Labute approximate surface area is 172 Å². The zero-order chi connectivity index (χ0) is 20.5. The third-order valence-electron chi connectivity index (χ3n) is 5.54. The minimum atomic E-state index is -0.953. The van der Waals surface area contributed by atoms with Gasteiger partial charge >= 0.3 is 0 Å². The molecule has 1 aliphatic heterocycles. The van der Waals surface area contributed by atoms with E-state index in [1.54, 1.807) is 0 Å². The van der Waals surface area contributed by atoms with Gasteiger partial charge in [0.25, 0.3) is 0 Å². The van der Waals surface area contributed by atoms with Gasteiger partial charge < -0.3 is 21.1 Å². The monoisotopic (exact) mass is 400 g/mol. The molecule has 3 rings (SSSR count). The molecular formula is C22H32N4O3. The summed E-state index contributed by atoms with van der Waals surface area (Å²) in [5.41, 5.74) is 6.27. The molecule has 1 aromatic rings. The van der Waals surface area contributed by atoms with E-state index in [0.717, 1.165) is 44.8 Å². The van der Waals surface area contributed by atoms with E-state index in [0.29, 0.717) is 25.8 Å². The first-order chi connectivity index (χ1) is 14.1. The first-order valence-corrected chi connectivity index (χ1v) is 10.4. The van der Waals surface area contributed by atoms with Crippen LogP contribution in [0.4, 0.5) is 0 Å². The Morgan fingerprint density at radius 1 is 1.14 bits per heavy atom. The van der Waals surface area contributed by atoms with Gasteiger partial charge in [-0.1, -0.05) is 42.5 Å². The Bertz CT molecular complexity index is 693. The molecule has 0 unspecified atom stereocenters. The van der Waals surface area contributed by atoms with Gasteiger partial charge in [-0.15, -0.1) is 0 Å². The summed E-state index contributed by atoms with van der Waals surface area (Å²) < 4.78 is 5.35. The molecule has 29 heavy (non-hydrogen) atoms. The Morgan fingerprint density at radius 3 is 2.52 bits per heavy atom. The maximum absolute atomic E-state index is 12.8. The number of benzene rings is 1. The summed E-state index contributed by atoms with van der Waals surface area (Å²) in [6, 6.07) is 9.07. The Hall–Kier alpha value is -2.22. The zero-order valence-electron chi connectivity index (χ0n) is 16.9. The van der Waals surface area contributed by atoms with Crippen LogP contribution in [0.2, 0.25) is 0 Å². The number of carbonyl (C=O) groups is 2. The summed E-state index contributed by atoms with van der Waals surface area (Å²) in [5.74, 6) is -0.439. The molecule has 1 saturated heterocycles. The van der Waals surface area contributed by atoms with Crippen molar-refractivity contribution in [3.63, 3.8) is 0 Å². The molecule has 0 radical (unpaired) electrons. The van der Waals surface area contributed by atoms with Crippen molar-refractivity contribution in [2.45, 2.75) is 37.3 Å². The molecule has 0 bridgehead atoms. The Morgan fingerprint density at radius 2 is 1.83 bits per heavy atom. The van der Waals surface area contributed by atoms with Crippen LogP contribution >= 0.6 is 0 Å². The number of nitrogens with one attached hydrogen (secondary N) is 2. The van der Waals surface area contributed by atoms with Crippen molar-refractivity contribution in [3.05, 3.63) is 48.0 Å². The lowest BCUT2D eigenvalue weighted by atomic mass is 9.95. The average Bonchev–Trinajstić information content (AvgIpc) is 3.20. The van der Waals surface area contributed by atoms with Crippen molar-refractivity contribution in [1.29, 1.82) is 0 Å². The zero-order valence-corrected chi connectivity index (χ0v) is 16.9. The molecule has 158 valence electrons. The van der Waals surface area contributed by atoms with E-state index in [-0.39, 0.29) is 11.8 Å². The summed E-state index contributed by atoms with van der Waals surface area (Å²) >= 11 is 0. The highest BCUT2D eigenvalue weighted by Gasteiger charge is 2.36. The van der Waals surface area contributed by atoms with Crippen LogP contribution in [0.25, 0.3) is 0 Å². The van der Waals surface area contributed by atoms with Crippen molar-refractivity contribution >= 4 is 11.8 Å². The fourth-order valence-electron chi connectivity index (χ4n) is 3.68. The van der Waals surface area contributed by atoms with Crippen LogP contribution in [0.3, 0.4) is 0 Å². The summed E-state index contributed by atoms with van der Waals surface area (Å²) in [6.45, 7) is 4.92. The predicted molar refractivity (Wildman–Crippen MR) is 112 cm³/mol. The summed E-state index contributed by atoms with van der Waals surface area (Å²) in [5, 5.41) is 5.88. The first-order valence-electron chi connectivity index (χ1n) is 10.4. The highest BCUT2D eigenvalue weighted by atomic mass is 16.5. The lowest BCUT2D eigenvalue weighted by molar-refractivity contribution is -0.131. The number of hydrogen-bond acceptors (Lipinski definition) is 5. The van der Waals surface area contributed by atoms with Crippen molar-refractivity contribution in [1.82, 2.24) is 15.5 Å². The number of rotatable bonds is 9. The highest BCUT2D eigenvalue weighted by Crippen LogP contribution is 2.21. The Kier molecular flexibility index (Phi) is 7.80. The van der Waals surface area contributed by atoms with Crippen molar-refractivity contribution < 1.29 is 14.3 Å². The van der Waals surface area contributed by atoms with Crippen LogP contribution in [-0.4, -0.2) is 67.7 Å². The van der Waals surface area contributed by atoms with Gasteiger partial charge in [0.05, 0.1) is 13.2 Å². The number of amides is 2. The third-order valence-corrected chi connectivity index (χ3v) is 5.54. The van der Waals surface area contributed by atoms with Gasteiger partial charge in [-0.3, -0.25) is 14.5 Å². The molecule has 1 aliphatic carbocycles. The van der Waals surface area contributed by atoms with Crippen LogP contribution in [-0.2, 0) is 20.7 Å². The topological polar surface area (TPSA) is 96.7 Å². The highest BCUT2D eigenvalue weighted by molar-refractivity contribution is 5.92. The molecule has 0 saturated carbocycles. The number of nitrogens with zero attached hydrogens (tertiary/aromatic N) is 1. The van der Waals surface area contributed by atoms with E-state index in [1.165, 1.54) is 0 Å². The fraction of sp³-hybridized carbons (Fsp3) is 0.545. The van der Waals surface area contributed by atoms with E-state index in [1.807, 2.05) is 42.5 Å². The molecule has 2 amide bonds. The molecule has 1 aromatic carbocycles. The smallest absolute Gasteiger partial charge is 0.242 e. The third kappa shape index (κ3) is 6.39. The van der Waals surface area contributed by atoms with Gasteiger partial charge in [0.2, 0.25) is 11.8 Å². The van der Waals surface area contributed by atoms with Gasteiger partial charge in [0.1, 0.15) is 11.6 Å². The molecule has 7 nitrogen and oxygen atoms in total. The molecule has 1 heterocycles. The van der Waals surface area contributed by atoms with Crippen LogP contribution in [0.1, 0.15) is 24.8 Å². The van der Waals surface area contributed by atoms with Gasteiger partial charge in [-0.25, -0.2) is 0 Å². The minimum Gasteiger partial charge on any atom is -0.379 e. The average molecular weight is 401 g/mol. The number of ether oxygens (including phenoxy) is 1. The largest absolute Gasteiger partial charge is 0.379 e. The number of hydrogen-bond donors (Lipinski definition) is 3. The molecule has 4 N–H and O–H groups in total. The normalized spacial score (nSPS) is 19.6. The van der Waals surface area contributed by atoms with Crippen LogP contribution in [0, 0.1) is 0 Å². The second-order valence-electron chi connectivity index (χ2n) is 7.85. The maximum Gasteiger partial charge on any atom is 0.242 e. The van der Waals surface area contributed by atoms with E-state index >= 15 is 0 Å². The molecule has 7 heteroatoms. The summed E-state index contributed by atoms with van der Waals surface area (Å²) in [6.07, 6.45) is 6.12. The molecule has 0 aromatic heterocycles. The standard InChI is InChI=1S/C22H32N4O3/c23-22(9-4-5-10-22)21(28)25-19(17-18-7-2-1-3-8-18)20(27)24-11-6-12-26-13-15-29-16-14-26/h1-5,7-8,19H,6,9-17,23H2,(H,24,27)(H,25,28)/t19-/m1/s1. The molecule has 1 fully saturated rings.